The summed E-state index contributed by atoms with van der Waals surface area (Å²) in [5, 5.41) is 9.70. The first-order valence-corrected chi connectivity index (χ1v) is 4.66. The molecule has 3 N–H and O–H groups in total. The van der Waals surface area contributed by atoms with E-state index in [-0.39, 0.29) is 5.56 Å². The minimum atomic E-state index is -0.950. The molecule has 4 heteroatoms. The van der Waals surface area contributed by atoms with Gasteiger partial charge in [-0.2, -0.15) is 0 Å². The molecule has 0 aliphatic rings. The highest BCUT2D eigenvalue weighted by atomic mass is 16.4. The summed E-state index contributed by atoms with van der Waals surface area (Å²) in [6.07, 6.45) is 0.664. The maximum Gasteiger partial charge on any atom is 0.335 e. The third kappa shape index (κ3) is 1.85. The van der Waals surface area contributed by atoms with E-state index in [1.165, 1.54) is 6.07 Å². The molecule has 0 fully saturated rings. The third-order valence-electron chi connectivity index (χ3n) is 2.21. The van der Waals surface area contributed by atoms with Gasteiger partial charge in [0.05, 0.1) is 5.56 Å². The highest BCUT2D eigenvalue weighted by Crippen LogP contribution is 2.20. The number of aromatic carboxylic acids is 1. The van der Waals surface area contributed by atoms with Crippen LogP contribution < -0.4 is 5.73 Å². The van der Waals surface area contributed by atoms with Gasteiger partial charge in [-0.25, -0.2) is 4.79 Å². The molecule has 0 saturated carbocycles. The predicted molar refractivity (Wildman–Crippen MR) is 55.9 cm³/mol. The van der Waals surface area contributed by atoms with Crippen molar-refractivity contribution in [3.8, 4) is 0 Å². The van der Waals surface area contributed by atoms with Crippen LogP contribution in [0.4, 0.5) is 0 Å². The molecule has 1 heterocycles. The van der Waals surface area contributed by atoms with Crippen LogP contribution in [-0.2, 0) is 6.42 Å². The van der Waals surface area contributed by atoms with Crippen molar-refractivity contribution in [2.24, 2.45) is 5.73 Å². The van der Waals surface area contributed by atoms with Crippen LogP contribution in [0.25, 0.3) is 11.0 Å². The first kappa shape index (κ1) is 9.73. The molecule has 2 rings (SSSR count). The Labute approximate surface area is 86.3 Å². The van der Waals surface area contributed by atoms with Gasteiger partial charge >= 0.3 is 5.97 Å². The van der Waals surface area contributed by atoms with Gasteiger partial charge in [-0.05, 0) is 24.7 Å². The zero-order valence-electron chi connectivity index (χ0n) is 8.06. The monoisotopic (exact) mass is 205 g/mol. The number of carbonyl (C=O) groups is 1. The SMILES string of the molecule is NCCc1cc2ccc(C(=O)O)cc2o1. The second-order valence-electron chi connectivity index (χ2n) is 3.31. The number of carboxylic acids is 1. The number of hydrogen-bond donors (Lipinski definition) is 2. The van der Waals surface area contributed by atoms with Crippen LogP contribution in [0.1, 0.15) is 16.1 Å². The van der Waals surface area contributed by atoms with Crippen molar-refractivity contribution < 1.29 is 14.3 Å². The molecule has 1 aromatic heterocycles. The van der Waals surface area contributed by atoms with E-state index >= 15 is 0 Å². The average Bonchev–Trinajstić information content (AvgIpc) is 2.59. The molecule has 0 spiro atoms. The van der Waals surface area contributed by atoms with Gasteiger partial charge < -0.3 is 15.3 Å². The highest BCUT2D eigenvalue weighted by molar-refractivity contribution is 5.92. The molecule has 0 unspecified atom stereocenters. The molecule has 0 radical (unpaired) electrons. The second-order valence-corrected chi connectivity index (χ2v) is 3.31. The molecule has 2 aromatic rings. The van der Waals surface area contributed by atoms with Gasteiger partial charge in [0.1, 0.15) is 11.3 Å². The Morgan fingerprint density at radius 1 is 1.40 bits per heavy atom. The Kier molecular flexibility index (Phi) is 2.43. The lowest BCUT2D eigenvalue weighted by atomic mass is 10.1. The van der Waals surface area contributed by atoms with Gasteiger partial charge in [0.15, 0.2) is 0 Å². The van der Waals surface area contributed by atoms with Gasteiger partial charge in [0, 0.05) is 11.8 Å². The Morgan fingerprint density at radius 2 is 2.20 bits per heavy atom. The Bertz CT molecular complexity index is 502. The number of furan rings is 1. The van der Waals surface area contributed by atoms with E-state index in [0.717, 1.165) is 11.1 Å². The highest BCUT2D eigenvalue weighted by Gasteiger charge is 2.07. The van der Waals surface area contributed by atoms with Crippen molar-refractivity contribution >= 4 is 16.9 Å². The van der Waals surface area contributed by atoms with E-state index in [2.05, 4.69) is 0 Å². The zero-order valence-corrected chi connectivity index (χ0v) is 8.06. The van der Waals surface area contributed by atoms with Crippen molar-refractivity contribution in [1.82, 2.24) is 0 Å². The van der Waals surface area contributed by atoms with Crippen molar-refractivity contribution in [3.05, 3.63) is 35.6 Å². The molecule has 15 heavy (non-hydrogen) atoms. The number of fused-ring (bicyclic) bond motifs is 1. The molecule has 1 aromatic carbocycles. The van der Waals surface area contributed by atoms with Crippen LogP contribution in [0.3, 0.4) is 0 Å². The number of carboxylic acid groups (broad SMARTS) is 1. The summed E-state index contributed by atoms with van der Waals surface area (Å²) in [5.41, 5.74) is 6.23. The van der Waals surface area contributed by atoms with E-state index in [9.17, 15) is 4.79 Å². The van der Waals surface area contributed by atoms with Crippen LogP contribution in [0, 0.1) is 0 Å². The number of benzene rings is 1. The fourth-order valence-corrected chi connectivity index (χ4v) is 1.48. The van der Waals surface area contributed by atoms with Crippen LogP contribution in [0.2, 0.25) is 0 Å². The standard InChI is InChI=1S/C11H11NO3/c12-4-3-9-5-7-1-2-8(11(13)14)6-10(7)15-9/h1-2,5-6H,3-4,12H2,(H,13,14). The summed E-state index contributed by atoms with van der Waals surface area (Å²) in [4.78, 5) is 10.7. The number of nitrogens with two attached hydrogens (primary N) is 1. The Balaban J connectivity index is 2.47. The summed E-state index contributed by atoms with van der Waals surface area (Å²) >= 11 is 0. The maximum absolute atomic E-state index is 10.7. The Morgan fingerprint density at radius 3 is 2.87 bits per heavy atom. The van der Waals surface area contributed by atoms with E-state index in [4.69, 9.17) is 15.3 Å². The summed E-state index contributed by atoms with van der Waals surface area (Å²) in [6.45, 7) is 0.519. The molecular weight excluding hydrogens is 194 g/mol. The van der Waals surface area contributed by atoms with E-state index in [1.54, 1.807) is 12.1 Å². The van der Waals surface area contributed by atoms with Gasteiger partial charge in [0.25, 0.3) is 0 Å². The van der Waals surface area contributed by atoms with Gasteiger partial charge in [0.2, 0.25) is 0 Å². The lowest BCUT2D eigenvalue weighted by Crippen LogP contribution is -2.01. The van der Waals surface area contributed by atoms with Gasteiger partial charge in [-0.1, -0.05) is 6.07 Å². The van der Waals surface area contributed by atoms with E-state index in [0.29, 0.717) is 18.5 Å². The summed E-state index contributed by atoms with van der Waals surface area (Å²) in [6, 6.07) is 6.71. The molecule has 78 valence electrons. The average molecular weight is 205 g/mol. The van der Waals surface area contributed by atoms with Gasteiger partial charge in [-0.3, -0.25) is 0 Å². The minimum absolute atomic E-state index is 0.233. The normalized spacial score (nSPS) is 10.7. The minimum Gasteiger partial charge on any atom is -0.478 e. The molecular formula is C11H11NO3. The molecule has 4 nitrogen and oxygen atoms in total. The lowest BCUT2D eigenvalue weighted by Gasteiger charge is -1.92. The Hall–Kier alpha value is -1.81. The van der Waals surface area contributed by atoms with Crippen LogP contribution in [-0.4, -0.2) is 17.6 Å². The van der Waals surface area contributed by atoms with Crippen LogP contribution in [0.15, 0.2) is 28.7 Å². The largest absolute Gasteiger partial charge is 0.478 e. The first-order valence-electron chi connectivity index (χ1n) is 4.66. The molecule has 0 atom stereocenters. The topological polar surface area (TPSA) is 76.5 Å². The summed E-state index contributed by atoms with van der Waals surface area (Å²) in [5.74, 6) is -0.163. The van der Waals surface area contributed by atoms with Crippen molar-refractivity contribution in [2.45, 2.75) is 6.42 Å². The quantitative estimate of drug-likeness (QED) is 0.798. The second kappa shape index (κ2) is 3.74. The number of hydrogen-bond acceptors (Lipinski definition) is 3. The first-order chi connectivity index (χ1) is 7.20. The fourth-order valence-electron chi connectivity index (χ4n) is 1.48. The molecule has 0 amide bonds. The van der Waals surface area contributed by atoms with Crippen molar-refractivity contribution in [2.75, 3.05) is 6.54 Å². The fraction of sp³-hybridized carbons (Fsp3) is 0.182. The van der Waals surface area contributed by atoms with Crippen molar-refractivity contribution in [3.63, 3.8) is 0 Å². The van der Waals surface area contributed by atoms with E-state index < -0.39 is 5.97 Å². The number of rotatable bonds is 3. The molecule has 0 aliphatic carbocycles. The molecule has 0 saturated heterocycles. The predicted octanol–water partition coefficient (Wildman–Crippen LogP) is 1.63. The maximum atomic E-state index is 10.7. The van der Waals surface area contributed by atoms with Gasteiger partial charge in [-0.15, -0.1) is 0 Å². The summed E-state index contributed by atoms with van der Waals surface area (Å²) in [7, 11) is 0. The molecule has 0 bridgehead atoms. The zero-order chi connectivity index (χ0) is 10.8. The van der Waals surface area contributed by atoms with Crippen LogP contribution in [0.5, 0.6) is 0 Å². The summed E-state index contributed by atoms with van der Waals surface area (Å²) < 4.78 is 5.46. The smallest absolute Gasteiger partial charge is 0.335 e. The van der Waals surface area contributed by atoms with Crippen LogP contribution >= 0.6 is 0 Å². The van der Waals surface area contributed by atoms with Crippen molar-refractivity contribution in [1.29, 1.82) is 0 Å². The molecule has 0 aliphatic heterocycles. The van der Waals surface area contributed by atoms with E-state index in [1.807, 2.05) is 6.07 Å². The lowest BCUT2D eigenvalue weighted by molar-refractivity contribution is 0.0697. The third-order valence-corrected chi connectivity index (χ3v) is 2.21.